The summed E-state index contributed by atoms with van der Waals surface area (Å²) in [5, 5.41) is 15.0. The molecule has 0 heterocycles. The molecule has 9 nitrogen and oxygen atoms in total. The second kappa shape index (κ2) is 10.2. The van der Waals surface area contributed by atoms with Crippen LogP contribution >= 0.6 is 11.6 Å². The van der Waals surface area contributed by atoms with E-state index in [1.807, 2.05) is 0 Å². The molecular formula is C22H19ClN4O5S. The first-order chi connectivity index (χ1) is 15.6. The number of sulfonamides is 1. The molecule has 3 rings (SSSR count). The van der Waals surface area contributed by atoms with Crippen LogP contribution in [0.5, 0.6) is 0 Å². The van der Waals surface area contributed by atoms with Gasteiger partial charge in [-0.15, -0.1) is 0 Å². The van der Waals surface area contributed by atoms with Crippen molar-refractivity contribution in [2.75, 3.05) is 10.6 Å². The van der Waals surface area contributed by atoms with Gasteiger partial charge in [-0.1, -0.05) is 29.8 Å². The summed E-state index contributed by atoms with van der Waals surface area (Å²) in [6.45, 7) is 0.0452. The molecule has 0 spiro atoms. The van der Waals surface area contributed by atoms with Crippen molar-refractivity contribution in [1.82, 2.24) is 5.43 Å². The van der Waals surface area contributed by atoms with Crippen molar-refractivity contribution in [3.8, 4) is 0 Å². The molecule has 0 aliphatic rings. The van der Waals surface area contributed by atoms with E-state index in [1.54, 1.807) is 24.3 Å². The third-order valence-corrected chi connectivity index (χ3v) is 6.08. The molecule has 170 valence electrons. The molecule has 0 atom stereocenters. The molecule has 0 saturated carbocycles. The quantitative estimate of drug-likeness (QED) is 0.293. The Morgan fingerprint density at radius 2 is 1.73 bits per heavy atom. The normalized spacial score (nSPS) is 11.3. The predicted octanol–water partition coefficient (Wildman–Crippen LogP) is 3.98. The SMILES string of the molecule is CS(=O)(=O)N(Cc1ccccc1Cl)c1ccc(C(=O)NN=Cc2ccc([N+](=O)[O-])cc2)cc1. The highest BCUT2D eigenvalue weighted by atomic mass is 35.5. The zero-order valence-corrected chi connectivity index (χ0v) is 19.0. The van der Waals surface area contributed by atoms with Gasteiger partial charge in [0.2, 0.25) is 10.0 Å². The Morgan fingerprint density at radius 1 is 1.09 bits per heavy atom. The number of nitrogens with one attached hydrogen (secondary N) is 1. The van der Waals surface area contributed by atoms with Crippen molar-refractivity contribution >= 4 is 45.1 Å². The molecule has 0 aliphatic carbocycles. The third-order valence-electron chi connectivity index (χ3n) is 4.57. The molecule has 1 amide bonds. The second-order valence-corrected chi connectivity index (χ2v) is 9.27. The van der Waals surface area contributed by atoms with E-state index in [2.05, 4.69) is 10.5 Å². The summed E-state index contributed by atoms with van der Waals surface area (Å²) in [6, 6.07) is 18.6. The van der Waals surface area contributed by atoms with Gasteiger partial charge in [0.05, 0.1) is 29.6 Å². The number of benzene rings is 3. The van der Waals surface area contributed by atoms with Gasteiger partial charge in [-0.2, -0.15) is 5.10 Å². The molecule has 33 heavy (non-hydrogen) atoms. The van der Waals surface area contributed by atoms with E-state index >= 15 is 0 Å². The first-order valence-corrected chi connectivity index (χ1v) is 11.8. The maximum atomic E-state index is 12.3. The summed E-state index contributed by atoms with van der Waals surface area (Å²) in [7, 11) is -3.61. The van der Waals surface area contributed by atoms with Gasteiger partial charge >= 0.3 is 0 Å². The number of anilines is 1. The maximum Gasteiger partial charge on any atom is 0.271 e. The molecule has 3 aromatic rings. The van der Waals surface area contributed by atoms with Crippen molar-refractivity contribution in [1.29, 1.82) is 0 Å². The van der Waals surface area contributed by atoms with Crippen LogP contribution in [0.15, 0.2) is 77.9 Å². The second-order valence-electron chi connectivity index (χ2n) is 6.96. The molecule has 0 aliphatic heterocycles. The third kappa shape index (κ3) is 6.37. The lowest BCUT2D eigenvalue weighted by Crippen LogP contribution is -2.29. The van der Waals surface area contributed by atoms with Gasteiger partial charge in [-0.3, -0.25) is 19.2 Å². The molecule has 0 fully saturated rings. The summed E-state index contributed by atoms with van der Waals surface area (Å²) in [4.78, 5) is 22.5. The van der Waals surface area contributed by atoms with Gasteiger partial charge in [-0.05, 0) is 53.6 Å². The fourth-order valence-corrected chi connectivity index (χ4v) is 3.95. The Kier molecular flexibility index (Phi) is 7.41. The lowest BCUT2D eigenvalue weighted by atomic mass is 10.2. The highest BCUT2D eigenvalue weighted by Gasteiger charge is 2.19. The minimum Gasteiger partial charge on any atom is -0.267 e. The van der Waals surface area contributed by atoms with E-state index in [-0.39, 0.29) is 17.8 Å². The maximum absolute atomic E-state index is 12.3. The van der Waals surface area contributed by atoms with E-state index in [0.717, 1.165) is 6.26 Å². The number of hydrogen-bond donors (Lipinski definition) is 1. The average Bonchev–Trinajstić information content (AvgIpc) is 2.78. The van der Waals surface area contributed by atoms with E-state index in [0.29, 0.717) is 21.8 Å². The van der Waals surface area contributed by atoms with Crippen LogP contribution in [-0.4, -0.2) is 31.7 Å². The van der Waals surface area contributed by atoms with Crippen molar-refractivity contribution in [3.63, 3.8) is 0 Å². The van der Waals surface area contributed by atoms with Crippen LogP contribution in [0.3, 0.4) is 0 Å². The smallest absolute Gasteiger partial charge is 0.267 e. The lowest BCUT2D eigenvalue weighted by molar-refractivity contribution is -0.384. The molecular weight excluding hydrogens is 468 g/mol. The number of rotatable bonds is 8. The van der Waals surface area contributed by atoms with E-state index in [9.17, 15) is 23.3 Å². The Labute approximate surface area is 195 Å². The Hall–Kier alpha value is -3.76. The van der Waals surface area contributed by atoms with Crippen LogP contribution in [0.25, 0.3) is 0 Å². The molecule has 0 unspecified atom stereocenters. The Balaban J connectivity index is 1.70. The van der Waals surface area contributed by atoms with Gasteiger partial charge in [0.25, 0.3) is 11.6 Å². The van der Waals surface area contributed by atoms with Crippen LogP contribution < -0.4 is 9.73 Å². The van der Waals surface area contributed by atoms with Gasteiger partial charge in [-0.25, -0.2) is 13.8 Å². The molecule has 0 saturated heterocycles. The lowest BCUT2D eigenvalue weighted by Gasteiger charge is -2.23. The monoisotopic (exact) mass is 486 g/mol. The molecule has 0 radical (unpaired) electrons. The van der Waals surface area contributed by atoms with Crippen molar-refractivity contribution in [2.45, 2.75) is 6.54 Å². The fourth-order valence-electron chi connectivity index (χ4n) is 2.87. The van der Waals surface area contributed by atoms with Crippen LogP contribution in [0.4, 0.5) is 11.4 Å². The zero-order chi connectivity index (χ0) is 24.0. The zero-order valence-electron chi connectivity index (χ0n) is 17.4. The number of hydrazone groups is 1. The summed E-state index contributed by atoms with van der Waals surface area (Å²) in [5.41, 5.74) is 4.17. The summed E-state index contributed by atoms with van der Waals surface area (Å²) < 4.78 is 25.9. The molecule has 1 N–H and O–H groups in total. The number of nitro benzene ring substituents is 1. The summed E-state index contributed by atoms with van der Waals surface area (Å²) in [6.07, 6.45) is 2.45. The first kappa shape index (κ1) is 23.9. The number of non-ortho nitro benzene ring substituents is 1. The van der Waals surface area contributed by atoms with Gasteiger partial charge in [0, 0.05) is 22.7 Å². The van der Waals surface area contributed by atoms with Crippen LogP contribution in [0.1, 0.15) is 21.5 Å². The minimum atomic E-state index is -3.61. The van der Waals surface area contributed by atoms with Gasteiger partial charge in [0.1, 0.15) is 0 Å². The number of amides is 1. The molecule has 0 aromatic heterocycles. The van der Waals surface area contributed by atoms with Crippen LogP contribution in [0.2, 0.25) is 5.02 Å². The number of halogens is 1. The molecule has 0 bridgehead atoms. The topological polar surface area (TPSA) is 122 Å². The highest BCUT2D eigenvalue weighted by Crippen LogP contribution is 2.24. The summed E-state index contributed by atoms with van der Waals surface area (Å²) >= 11 is 6.17. The van der Waals surface area contributed by atoms with E-state index in [4.69, 9.17) is 11.6 Å². The van der Waals surface area contributed by atoms with E-state index in [1.165, 1.54) is 59.1 Å². The highest BCUT2D eigenvalue weighted by molar-refractivity contribution is 7.92. The van der Waals surface area contributed by atoms with Crippen molar-refractivity contribution in [2.24, 2.45) is 5.10 Å². The number of hydrogen-bond acceptors (Lipinski definition) is 6. The van der Waals surface area contributed by atoms with Gasteiger partial charge < -0.3 is 0 Å². The molecule has 11 heteroatoms. The van der Waals surface area contributed by atoms with Gasteiger partial charge in [0.15, 0.2) is 0 Å². The number of nitrogens with zero attached hydrogens (tertiary/aromatic N) is 3. The number of carbonyl (C=O) groups is 1. The average molecular weight is 487 g/mol. The van der Waals surface area contributed by atoms with Crippen LogP contribution in [0, 0.1) is 10.1 Å². The van der Waals surface area contributed by atoms with E-state index < -0.39 is 20.9 Å². The predicted molar refractivity (Wildman–Crippen MR) is 127 cm³/mol. The largest absolute Gasteiger partial charge is 0.271 e. The standard InChI is InChI=1S/C22H19ClN4O5S/c1-33(31,32)26(15-18-4-2-3-5-21(18)23)19-12-8-17(9-13-19)22(28)25-24-14-16-6-10-20(11-7-16)27(29)30/h2-14H,15H2,1H3,(H,25,28). The number of carbonyl (C=O) groups excluding carboxylic acids is 1. The minimum absolute atomic E-state index is 0.0452. The van der Waals surface area contributed by atoms with Crippen molar-refractivity contribution in [3.05, 3.63) is 105 Å². The van der Waals surface area contributed by atoms with Crippen LogP contribution in [-0.2, 0) is 16.6 Å². The summed E-state index contributed by atoms with van der Waals surface area (Å²) in [5.74, 6) is -0.503. The Bertz CT molecular complexity index is 1290. The molecule has 3 aromatic carbocycles. The number of nitro groups is 1. The Morgan fingerprint density at radius 3 is 2.30 bits per heavy atom. The first-order valence-electron chi connectivity index (χ1n) is 9.54. The van der Waals surface area contributed by atoms with Crippen molar-refractivity contribution < 1.29 is 18.1 Å². The fraction of sp³-hybridized carbons (Fsp3) is 0.0909.